The van der Waals surface area contributed by atoms with E-state index in [4.69, 9.17) is 16.3 Å². The number of aromatic nitrogens is 1. The van der Waals surface area contributed by atoms with E-state index < -0.39 is 15.8 Å². The Morgan fingerprint density at radius 3 is 2.44 bits per heavy atom. The van der Waals surface area contributed by atoms with Gasteiger partial charge in [0.1, 0.15) is 17.3 Å². The van der Waals surface area contributed by atoms with Gasteiger partial charge in [0.05, 0.1) is 17.0 Å². The van der Waals surface area contributed by atoms with Crippen LogP contribution in [0.1, 0.15) is 34.5 Å². The highest BCUT2D eigenvalue weighted by Gasteiger charge is 2.16. The summed E-state index contributed by atoms with van der Waals surface area (Å²) in [6.07, 6.45) is 3.27. The Hall–Kier alpha value is -2.81. The number of hydrogen-bond donors (Lipinski definition) is 1. The molecule has 3 rings (SSSR count). The zero-order chi connectivity index (χ0) is 23.1. The van der Waals surface area contributed by atoms with Gasteiger partial charge in [-0.05, 0) is 60.4 Å². The van der Waals surface area contributed by atoms with Gasteiger partial charge in [-0.3, -0.25) is 9.78 Å². The van der Waals surface area contributed by atoms with Crippen LogP contribution in [0.5, 0.6) is 5.75 Å². The van der Waals surface area contributed by atoms with Gasteiger partial charge in [0.15, 0.2) is 5.78 Å². The number of pyridine rings is 1. The maximum atomic E-state index is 13.2. The van der Waals surface area contributed by atoms with Crippen LogP contribution in [0.4, 0.5) is 4.39 Å². The Bertz CT molecular complexity index is 1180. The van der Waals surface area contributed by atoms with Crippen molar-refractivity contribution in [2.45, 2.75) is 30.7 Å². The van der Waals surface area contributed by atoms with Gasteiger partial charge in [-0.25, -0.2) is 17.5 Å². The molecule has 9 heteroatoms. The largest absolute Gasteiger partial charge is 0.497 e. The van der Waals surface area contributed by atoms with Gasteiger partial charge >= 0.3 is 0 Å². The number of nitrogens with one attached hydrogen (secondary N) is 1. The summed E-state index contributed by atoms with van der Waals surface area (Å²) in [6.45, 7) is -0.0315. The molecule has 0 aliphatic rings. The van der Waals surface area contributed by atoms with Crippen molar-refractivity contribution in [2.75, 3.05) is 7.11 Å². The monoisotopic (exact) mass is 476 g/mol. The van der Waals surface area contributed by atoms with Crippen LogP contribution < -0.4 is 9.46 Å². The van der Waals surface area contributed by atoms with Crippen molar-refractivity contribution in [3.05, 3.63) is 88.5 Å². The second-order valence-corrected chi connectivity index (χ2v) is 9.25. The highest BCUT2D eigenvalue weighted by Crippen LogP contribution is 2.19. The molecular weight excluding hydrogens is 455 g/mol. The van der Waals surface area contributed by atoms with Crippen molar-refractivity contribution in [3.63, 3.8) is 0 Å². The Kier molecular flexibility index (Phi) is 7.95. The van der Waals surface area contributed by atoms with E-state index in [1.807, 2.05) is 24.3 Å². The number of ketones is 1. The third-order valence-electron chi connectivity index (χ3n) is 4.81. The van der Waals surface area contributed by atoms with E-state index in [-0.39, 0.29) is 22.2 Å². The second kappa shape index (κ2) is 10.7. The molecule has 32 heavy (non-hydrogen) atoms. The topological polar surface area (TPSA) is 85.4 Å². The molecule has 6 nitrogen and oxygen atoms in total. The van der Waals surface area contributed by atoms with Crippen molar-refractivity contribution in [3.8, 4) is 5.75 Å². The Morgan fingerprint density at radius 1 is 1.09 bits per heavy atom. The van der Waals surface area contributed by atoms with Gasteiger partial charge in [0, 0.05) is 19.2 Å². The van der Waals surface area contributed by atoms with E-state index >= 15 is 0 Å². The number of sulfonamides is 1. The van der Waals surface area contributed by atoms with Crippen LogP contribution in [0.25, 0.3) is 0 Å². The molecular formula is C23H22ClFN2O4S. The summed E-state index contributed by atoms with van der Waals surface area (Å²) >= 11 is 5.65. The van der Waals surface area contributed by atoms with Crippen LogP contribution in [-0.2, 0) is 23.0 Å². The molecule has 1 heterocycles. The molecule has 0 unspecified atom stereocenters. The lowest BCUT2D eigenvalue weighted by atomic mass is 10.0. The highest BCUT2D eigenvalue weighted by atomic mass is 35.5. The minimum atomic E-state index is -3.87. The summed E-state index contributed by atoms with van der Waals surface area (Å²) in [5.74, 6) is 0.0172. The lowest BCUT2D eigenvalue weighted by Crippen LogP contribution is -2.23. The predicted octanol–water partition coefficient (Wildman–Crippen LogP) is 4.57. The first-order chi connectivity index (χ1) is 15.3. The fourth-order valence-electron chi connectivity index (χ4n) is 2.97. The molecule has 3 aromatic rings. The molecule has 0 saturated heterocycles. The molecule has 0 amide bonds. The molecule has 0 aliphatic carbocycles. The molecule has 0 fully saturated rings. The zero-order valence-corrected chi connectivity index (χ0v) is 18.9. The Labute approximate surface area is 191 Å². The van der Waals surface area contributed by atoms with E-state index in [0.29, 0.717) is 24.1 Å². The minimum Gasteiger partial charge on any atom is -0.497 e. The number of ether oxygens (including phenoxy) is 1. The minimum absolute atomic E-state index is 0.0315. The highest BCUT2D eigenvalue weighted by molar-refractivity contribution is 7.89. The van der Waals surface area contributed by atoms with E-state index in [2.05, 4.69) is 9.71 Å². The maximum Gasteiger partial charge on any atom is 0.240 e. The summed E-state index contributed by atoms with van der Waals surface area (Å²) < 4.78 is 45.5. The quantitative estimate of drug-likeness (QED) is 0.433. The van der Waals surface area contributed by atoms with E-state index in [9.17, 15) is 17.6 Å². The van der Waals surface area contributed by atoms with Crippen LogP contribution in [0.2, 0.25) is 5.02 Å². The zero-order valence-electron chi connectivity index (χ0n) is 17.3. The smallest absolute Gasteiger partial charge is 0.240 e. The van der Waals surface area contributed by atoms with Crippen LogP contribution in [-0.4, -0.2) is 26.3 Å². The lowest BCUT2D eigenvalue weighted by molar-refractivity contribution is 0.0975. The molecule has 1 aromatic heterocycles. The number of aryl methyl sites for hydroxylation is 1. The summed E-state index contributed by atoms with van der Waals surface area (Å²) in [7, 11) is -2.26. The number of nitrogens with zero attached hydrogens (tertiary/aromatic N) is 1. The molecule has 0 aliphatic heterocycles. The molecule has 0 spiro atoms. The molecule has 0 saturated carbocycles. The van der Waals surface area contributed by atoms with Crippen LogP contribution in [0.3, 0.4) is 0 Å². The number of Topliss-reactive ketones (excluding diaryl/α,β-unsaturated/α-hetero) is 1. The fourth-order valence-corrected chi connectivity index (χ4v) is 4.26. The van der Waals surface area contributed by atoms with Crippen molar-refractivity contribution >= 4 is 27.4 Å². The summed E-state index contributed by atoms with van der Waals surface area (Å²) in [5.41, 5.74) is 2.03. The van der Waals surface area contributed by atoms with Gasteiger partial charge in [-0.15, -0.1) is 0 Å². The Balaban J connectivity index is 1.51. The summed E-state index contributed by atoms with van der Waals surface area (Å²) in [5, 5.41) is -0.274. The third kappa shape index (κ3) is 6.35. The number of hydrogen-bond acceptors (Lipinski definition) is 5. The number of carbonyl (C=O) groups is 1. The number of methoxy groups -OCH3 is 1. The normalized spacial score (nSPS) is 11.3. The van der Waals surface area contributed by atoms with Crippen LogP contribution in [0, 0.1) is 5.82 Å². The molecule has 0 bridgehead atoms. The van der Waals surface area contributed by atoms with Crippen molar-refractivity contribution in [1.29, 1.82) is 0 Å². The predicted molar refractivity (Wildman–Crippen MR) is 120 cm³/mol. The summed E-state index contributed by atoms with van der Waals surface area (Å²) in [6, 6.07) is 14.1. The van der Waals surface area contributed by atoms with Gasteiger partial charge in [-0.2, -0.15) is 0 Å². The molecule has 0 atom stereocenters. The molecule has 0 radical (unpaired) electrons. The second-order valence-electron chi connectivity index (χ2n) is 7.08. The van der Waals surface area contributed by atoms with Crippen LogP contribution >= 0.6 is 11.6 Å². The van der Waals surface area contributed by atoms with Gasteiger partial charge in [0.2, 0.25) is 10.0 Å². The molecule has 168 valence electrons. The first kappa shape index (κ1) is 23.8. The maximum absolute atomic E-state index is 13.2. The SMILES string of the molecule is COc1ccc(CCCC(=O)c2ccc(CNS(=O)(=O)c3ccc(F)c(Cl)c3)cn2)cc1. The van der Waals surface area contributed by atoms with Gasteiger partial charge < -0.3 is 4.74 Å². The standard InChI is InChI=1S/C23H22ClFN2O4S/c1-31-18-8-5-16(6-9-18)3-2-4-23(28)22-12-7-17(14-26-22)15-27-32(29,30)19-10-11-21(25)20(24)13-19/h5-14,27H,2-4,15H2,1H3. The van der Waals surface area contributed by atoms with Crippen molar-refractivity contribution in [1.82, 2.24) is 9.71 Å². The summed E-state index contributed by atoms with van der Waals surface area (Å²) in [4.78, 5) is 16.4. The van der Waals surface area contributed by atoms with Crippen LogP contribution in [0.15, 0.2) is 65.7 Å². The first-order valence-electron chi connectivity index (χ1n) is 9.84. The lowest BCUT2D eigenvalue weighted by Gasteiger charge is -2.08. The molecule has 2 aromatic carbocycles. The first-order valence-corrected chi connectivity index (χ1v) is 11.7. The van der Waals surface area contributed by atoms with Crippen molar-refractivity contribution in [2.24, 2.45) is 0 Å². The van der Waals surface area contributed by atoms with Gasteiger partial charge in [0.25, 0.3) is 0 Å². The number of rotatable bonds is 10. The van der Waals surface area contributed by atoms with Gasteiger partial charge in [-0.1, -0.05) is 29.8 Å². The van der Waals surface area contributed by atoms with E-state index in [1.165, 1.54) is 6.20 Å². The van der Waals surface area contributed by atoms with Crippen molar-refractivity contribution < 1.29 is 22.3 Å². The average molecular weight is 477 g/mol. The number of benzene rings is 2. The fraction of sp³-hybridized carbons (Fsp3) is 0.217. The average Bonchev–Trinajstić information content (AvgIpc) is 2.80. The molecule has 1 N–H and O–H groups in total. The number of carbonyl (C=O) groups excluding carboxylic acids is 1. The van der Waals surface area contributed by atoms with E-state index in [1.54, 1.807) is 19.2 Å². The Morgan fingerprint density at radius 2 is 1.81 bits per heavy atom. The third-order valence-corrected chi connectivity index (χ3v) is 6.50. The van der Waals surface area contributed by atoms with E-state index in [0.717, 1.165) is 35.9 Å². The number of halogens is 2.